The normalized spacial score (nSPS) is 12.2. The van der Waals surface area contributed by atoms with E-state index in [2.05, 4.69) is 161 Å². The van der Waals surface area contributed by atoms with Crippen molar-refractivity contribution in [3.63, 3.8) is 0 Å². The van der Waals surface area contributed by atoms with Gasteiger partial charge in [-0.2, -0.15) is 0 Å². The van der Waals surface area contributed by atoms with Crippen LogP contribution >= 0.6 is 0 Å². The van der Waals surface area contributed by atoms with Crippen LogP contribution in [-0.4, -0.2) is 14.1 Å². The first kappa shape index (κ1) is 25.7. The van der Waals surface area contributed by atoms with Gasteiger partial charge >= 0.3 is 0 Å². The fourth-order valence-electron chi connectivity index (χ4n) is 8.26. The Kier molecular flexibility index (Phi) is 5.11. The summed E-state index contributed by atoms with van der Waals surface area (Å²) in [5.74, 6) is 0. The molecule has 3 nitrogen and oxygen atoms in total. The number of hydrogen-bond donors (Lipinski definition) is 0. The quantitative estimate of drug-likeness (QED) is 0.195. The van der Waals surface area contributed by atoms with Gasteiger partial charge in [0.05, 0.1) is 33.4 Å². The lowest BCUT2D eigenvalue weighted by molar-refractivity contribution is 1.18. The highest BCUT2D eigenvalue weighted by Crippen LogP contribution is 2.48. The van der Waals surface area contributed by atoms with Crippen molar-refractivity contribution >= 4 is 54.4 Å². The molecule has 0 aliphatic heterocycles. The maximum absolute atomic E-state index is 4.79. The average molecular weight is 610 g/mol. The van der Waals surface area contributed by atoms with E-state index in [-0.39, 0.29) is 0 Å². The highest BCUT2D eigenvalue weighted by atomic mass is 15.0. The predicted molar refractivity (Wildman–Crippen MR) is 200 cm³/mol. The van der Waals surface area contributed by atoms with E-state index in [0.717, 1.165) is 5.69 Å². The van der Waals surface area contributed by atoms with Crippen LogP contribution in [-0.2, 0) is 0 Å². The second kappa shape index (κ2) is 9.54. The largest absolute Gasteiger partial charge is 0.309 e. The standard InChI is InChI=1S/C45H27N3/c1-2-10-30(11-3-1)47-39-17-6-5-13-32(39)38-26-28(20-23-42(38)47)29-19-21-33-31-12-4-7-18-40(31)48(43(33)27-29)41-24-22-37-44-34(14-8-15-36(41)44)35-16-9-25-46-45(35)37/h1-27H. The second-order valence-electron chi connectivity index (χ2n) is 12.8. The van der Waals surface area contributed by atoms with E-state index in [1.165, 1.54) is 93.6 Å². The number of benzene rings is 7. The molecule has 3 heterocycles. The number of aromatic nitrogens is 3. The highest BCUT2D eigenvalue weighted by Gasteiger charge is 2.25. The molecule has 222 valence electrons. The molecule has 1 aliphatic rings. The molecule has 7 aromatic carbocycles. The van der Waals surface area contributed by atoms with Gasteiger partial charge in [0.2, 0.25) is 0 Å². The van der Waals surface area contributed by atoms with Crippen LogP contribution < -0.4 is 0 Å². The van der Waals surface area contributed by atoms with Gasteiger partial charge in [-0.25, -0.2) is 0 Å². The Morgan fingerprint density at radius 1 is 0.375 bits per heavy atom. The molecule has 48 heavy (non-hydrogen) atoms. The molecule has 0 unspecified atom stereocenters. The molecule has 0 saturated heterocycles. The summed E-state index contributed by atoms with van der Waals surface area (Å²) in [7, 11) is 0. The Bertz CT molecular complexity index is 2910. The van der Waals surface area contributed by atoms with Gasteiger partial charge in [-0.1, -0.05) is 103 Å². The molecule has 0 amide bonds. The summed E-state index contributed by atoms with van der Waals surface area (Å²) in [6.45, 7) is 0. The van der Waals surface area contributed by atoms with Crippen molar-refractivity contribution in [3.8, 4) is 44.9 Å². The lowest BCUT2D eigenvalue weighted by atomic mass is 10.0. The number of pyridine rings is 1. The van der Waals surface area contributed by atoms with Gasteiger partial charge in [0.1, 0.15) is 0 Å². The molecule has 3 heteroatoms. The summed E-state index contributed by atoms with van der Waals surface area (Å²) in [4.78, 5) is 4.79. The van der Waals surface area contributed by atoms with Crippen LogP contribution in [0.1, 0.15) is 0 Å². The van der Waals surface area contributed by atoms with Gasteiger partial charge in [0.25, 0.3) is 0 Å². The molecule has 0 radical (unpaired) electrons. The summed E-state index contributed by atoms with van der Waals surface area (Å²) in [5.41, 5.74) is 14.4. The van der Waals surface area contributed by atoms with E-state index >= 15 is 0 Å². The van der Waals surface area contributed by atoms with E-state index in [4.69, 9.17) is 4.98 Å². The molecule has 0 N–H and O–H groups in total. The van der Waals surface area contributed by atoms with Gasteiger partial charge in [-0.15, -0.1) is 0 Å². The summed E-state index contributed by atoms with van der Waals surface area (Å²) < 4.78 is 4.84. The first-order chi connectivity index (χ1) is 23.8. The molecular weight excluding hydrogens is 583 g/mol. The van der Waals surface area contributed by atoms with Crippen molar-refractivity contribution in [1.29, 1.82) is 0 Å². The van der Waals surface area contributed by atoms with Gasteiger partial charge in [-0.3, -0.25) is 4.98 Å². The molecule has 1 aliphatic carbocycles. The molecule has 0 atom stereocenters. The highest BCUT2D eigenvalue weighted by molar-refractivity contribution is 6.18. The van der Waals surface area contributed by atoms with Crippen molar-refractivity contribution in [1.82, 2.24) is 14.1 Å². The first-order valence-electron chi connectivity index (χ1n) is 16.5. The molecule has 0 fully saturated rings. The molecule has 0 bridgehead atoms. The van der Waals surface area contributed by atoms with Crippen molar-refractivity contribution in [2.45, 2.75) is 0 Å². The van der Waals surface area contributed by atoms with Crippen LogP contribution in [0.3, 0.4) is 0 Å². The number of nitrogens with zero attached hydrogens (tertiary/aromatic N) is 3. The predicted octanol–water partition coefficient (Wildman–Crippen LogP) is 11.7. The minimum Gasteiger partial charge on any atom is -0.309 e. The Labute approximate surface area is 276 Å². The zero-order valence-electron chi connectivity index (χ0n) is 25.9. The third-order valence-electron chi connectivity index (χ3n) is 10.3. The van der Waals surface area contributed by atoms with Crippen molar-refractivity contribution in [3.05, 3.63) is 164 Å². The van der Waals surface area contributed by atoms with Gasteiger partial charge in [0, 0.05) is 55.3 Å². The Morgan fingerprint density at radius 3 is 1.92 bits per heavy atom. The fourth-order valence-corrected chi connectivity index (χ4v) is 8.26. The molecule has 10 aromatic rings. The summed E-state index contributed by atoms with van der Waals surface area (Å²) in [6, 6.07) is 57.5. The zero-order chi connectivity index (χ0) is 31.3. The van der Waals surface area contributed by atoms with E-state index in [9.17, 15) is 0 Å². The number of para-hydroxylation sites is 3. The Balaban J connectivity index is 1.16. The van der Waals surface area contributed by atoms with Crippen LogP contribution in [0.15, 0.2) is 164 Å². The van der Waals surface area contributed by atoms with E-state index < -0.39 is 0 Å². The zero-order valence-corrected chi connectivity index (χ0v) is 25.9. The third kappa shape index (κ3) is 3.40. The van der Waals surface area contributed by atoms with Crippen LogP contribution in [0.5, 0.6) is 0 Å². The monoisotopic (exact) mass is 609 g/mol. The third-order valence-corrected chi connectivity index (χ3v) is 10.3. The topological polar surface area (TPSA) is 22.8 Å². The second-order valence-corrected chi connectivity index (χ2v) is 12.8. The minimum absolute atomic E-state index is 1.07. The Morgan fingerprint density at radius 2 is 1.04 bits per heavy atom. The van der Waals surface area contributed by atoms with Crippen LogP contribution in [0, 0.1) is 0 Å². The van der Waals surface area contributed by atoms with Crippen LogP contribution in [0.25, 0.3) is 99.3 Å². The number of hydrogen-bond acceptors (Lipinski definition) is 1. The maximum atomic E-state index is 4.79. The minimum atomic E-state index is 1.07. The van der Waals surface area contributed by atoms with Crippen molar-refractivity contribution < 1.29 is 0 Å². The number of rotatable bonds is 3. The first-order valence-corrected chi connectivity index (χ1v) is 16.5. The van der Waals surface area contributed by atoms with Gasteiger partial charge < -0.3 is 9.13 Å². The molecule has 3 aromatic heterocycles. The van der Waals surface area contributed by atoms with E-state index in [1.54, 1.807) is 0 Å². The van der Waals surface area contributed by atoms with Crippen LogP contribution in [0.4, 0.5) is 0 Å². The number of fused-ring (bicyclic) bond motifs is 9. The molecule has 11 rings (SSSR count). The Hall–Kier alpha value is -6.45. The van der Waals surface area contributed by atoms with E-state index in [1.807, 2.05) is 12.3 Å². The average Bonchev–Trinajstić information content (AvgIpc) is 3.78. The van der Waals surface area contributed by atoms with E-state index in [0.29, 0.717) is 0 Å². The van der Waals surface area contributed by atoms with Gasteiger partial charge in [-0.05, 0) is 71.3 Å². The summed E-state index contributed by atoms with van der Waals surface area (Å²) in [5, 5.41) is 7.56. The van der Waals surface area contributed by atoms with Crippen LogP contribution in [0.2, 0.25) is 0 Å². The SMILES string of the molecule is c1ccc(-n2c3ccccc3c3cc(-c4ccc5c6ccccc6n(-c6ccc7c8c(cccc68)-c6cccnc6-7)c5c4)ccc32)cc1. The molecule has 0 spiro atoms. The van der Waals surface area contributed by atoms with Crippen molar-refractivity contribution in [2.75, 3.05) is 0 Å². The summed E-state index contributed by atoms with van der Waals surface area (Å²) >= 11 is 0. The maximum Gasteiger partial charge on any atom is 0.0786 e. The van der Waals surface area contributed by atoms with Crippen molar-refractivity contribution in [2.24, 2.45) is 0 Å². The fraction of sp³-hybridized carbons (Fsp3) is 0. The smallest absolute Gasteiger partial charge is 0.0786 e. The lowest BCUT2D eigenvalue weighted by Crippen LogP contribution is -1.96. The van der Waals surface area contributed by atoms with Gasteiger partial charge in [0.15, 0.2) is 0 Å². The molecule has 0 saturated carbocycles. The lowest BCUT2D eigenvalue weighted by Gasteiger charge is -2.14. The molecular formula is C45H27N3. The summed E-state index contributed by atoms with van der Waals surface area (Å²) in [6.07, 6.45) is 1.90.